The normalized spacial score (nSPS) is 23.2. The van der Waals surface area contributed by atoms with Crippen LogP contribution in [0.25, 0.3) is 0 Å². The van der Waals surface area contributed by atoms with Gasteiger partial charge in [0.15, 0.2) is 5.78 Å². The molecule has 1 N–H and O–H groups in total. The highest BCUT2D eigenvalue weighted by Crippen LogP contribution is 2.36. The van der Waals surface area contributed by atoms with Gasteiger partial charge in [0.2, 0.25) is 0 Å². The van der Waals surface area contributed by atoms with Gasteiger partial charge in [0, 0.05) is 54.2 Å². The number of fused-ring (bicyclic) bond motifs is 2. The number of carbonyl (C=O) groups is 2. The minimum Gasteiger partial charge on any atom is -0.358 e. The minimum absolute atomic E-state index is 0.0847. The predicted octanol–water partition coefficient (Wildman–Crippen LogP) is 5.01. The molecule has 7 heteroatoms. The molecule has 0 radical (unpaired) electrons. The van der Waals surface area contributed by atoms with Crippen LogP contribution >= 0.6 is 11.3 Å². The molecule has 192 valence electrons. The van der Waals surface area contributed by atoms with Crippen molar-refractivity contribution in [3.05, 3.63) is 74.6 Å². The maximum absolute atomic E-state index is 13.2. The molecule has 0 unspecified atom stereocenters. The van der Waals surface area contributed by atoms with E-state index in [1.807, 2.05) is 23.1 Å². The fourth-order valence-electron chi connectivity index (χ4n) is 5.99. The number of amides is 1. The van der Waals surface area contributed by atoms with Crippen molar-refractivity contribution in [2.75, 3.05) is 31.5 Å². The molecule has 2 aromatic rings. The number of anilines is 1. The Bertz CT molecular complexity index is 1300. The number of Topliss-reactive ketones (excluding diaryl/α,β-unsaturated/α-hetero) is 1. The van der Waals surface area contributed by atoms with E-state index in [1.165, 1.54) is 30.8 Å². The quantitative estimate of drug-likeness (QED) is 0.528. The highest BCUT2D eigenvalue weighted by molar-refractivity contribution is 7.09. The van der Waals surface area contributed by atoms with Crippen LogP contribution in [-0.2, 0) is 24.2 Å². The lowest BCUT2D eigenvalue weighted by Gasteiger charge is -2.19. The van der Waals surface area contributed by atoms with Crippen molar-refractivity contribution in [1.29, 1.82) is 0 Å². The average Bonchev–Trinajstić information content (AvgIpc) is 3.67. The smallest absolute Gasteiger partial charge is 0.254 e. The van der Waals surface area contributed by atoms with E-state index in [2.05, 4.69) is 40.7 Å². The van der Waals surface area contributed by atoms with Crippen molar-refractivity contribution in [3.63, 3.8) is 0 Å². The molecule has 0 saturated carbocycles. The molecule has 1 amide bonds. The largest absolute Gasteiger partial charge is 0.358 e. The summed E-state index contributed by atoms with van der Waals surface area (Å²) in [6, 6.07) is 8.45. The molecule has 1 atom stereocenters. The first-order valence-electron chi connectivity index (χ1n) is 13.5. The summed E-state index contributed by atoms with van der Waals surface area (Å²) < 4.78 is 0. The number of thiophene rings is 1. The monoisotopic (exact) mass is 514 g/mol. The van der Waals surface area contributed by atoms with Crippen LogP contribution in [0.1, 0.15) is 59.0 Å². The standard InChI is InChI=1S/C30H34N4O2S/c1-20(15-23-7-5-14-37-23)31-25-8-4-9-28(35)29(25)27-17-21-16-24-22(18-26(21)32-27)19-34(30(24)36)13-6-12-33-10-2-3-11-33/h4-5,7-8,14,16,18,20,32H,2-3,6,9-13,15,17,19H2,1H3/t20-/m0/s1. The van der Waals surface area contributed by atoms with Gasteiger partial charge in [-0.15, -0.1) is 11.3 Å². The molecule has 1 saturated heterocycles. The molecule has 6 nitrogen and oxygen atoms in total. The van der Waals surface area contributed by atoms with E-state index in [9.17, 15) is 9.59 Å². The van der Waals surface area contributed by atoms with Crippen molar-refractivity contribution in [2.24, 2.45) is 4.99 Å². The molecule has 4 heterocycles. The Hall–Kier alpha value is -3.03. The van der Waals surface area contributed by atoms with Crippen LogP contribution in [0.4, 0.5) is 5.69 Å². The first-order chi connectivity index (χ1) is 18.0. The number of carbonyl (C=O) groups excluding carboxylic acids is 2. The third kappa shape index (κ3) is 5.07. The van der Waals surface area contributed by atoms with Crippen LogP contribution < -0.4 is 5.32 Å². The average molecular weight is 515 g/mol. The van der Waals surface area contributed by atoms with E-state index in [1.54, 1.807) is 11.3 Å². The van der Waals surface area contributed by atoms with Gasteiger partial charge in [-0.05, 0) is 86.6 Å². The number of hydrogen-bond donors (Lipinski definition) is 1. The Kier molecular flexibility index (Phi) is 6.82. The highest BCUT2D eigenvalue weighted by Gasteiger charge is 2.32. The van der Waals surface area contributed by atoms with Gasteiger partial charge in [0.1, 0.15) is 0 Å². The molecular formula is C30H34N4O2S. The van der Waals surface area contributed by atoms with E-state index in [-0.39, 0.29) is 17.7 Å². The van der Waals surface area contributed by atoms with Gasteiger partial charge in [-0.1, -0.05) is 12.1 Å². The fourth-order valence-corrected chi connectivity index (χ4v) is 6.82. The van der Waals surface area contributed by atoms with Crippen molar-refractivity contribution in [2.45, 2.75) is 58.0 Å². The Morgan fingerprint density at radius 1 is 1.14 bits per heavy atom. The topological polar surface area (TPSA) is 65.0 Å². The van der Waals surface area contributed by atoms with Gasteiger partial charge in [-0.25, -0.2) is 0 Å². The van der Waals surface area contributed by atoms with Gasteiger partial charge < -0.3 is 15.1 Å². The summed E-state index contributed by atoms with van der Waals surface area (Å²) in [6.45, 7) is 7.05. The summed E-state index contributed by atoms with van der Waals surface area (Å²) in [5.74, 6) is 0.245. The second-order valence-electron chi connectivity index (χ2n) is 10.6. The maximum atomic E-state index is 13.2. The zero-order valence-electron chi connectivity index (χ0n) is 21.5. The molecule has 6 rings (SSSR count). The summed E-state index contributed by atoms with van der Waals surface area (Å²) in [6.07, 6.45) is 9.41. The molecule has 1 aliphatic carbocycles. The molecule has 0 bridgehead atoms. The van der Waals surface area contributed by atoms with Crippen LogP contribution in [-0.4, -0.2) is 59.4 Å². The predicted molar refractivity (Wildman–Crippen MR) is 150 cm³/mol. The zero-order valence-corrected chi connectivity index (χ0v) is 22.3. The molecule has 1 aromatic heterocycles. The van der Waals surface area contributed by atoms with Crippen molar-refractivity contribution in [3.8, 4) is 0 Å². The lowest BCUT2D eigenvalue weighted by molar-refractivity contribution is -0.114. The third-order valence-corrected chi connectivity index (χ3v) is 8.71. The number of nitrogens with zero attached hydrogens (tertiary/aromatic N) is 3. The molecule has 1 aromatic carbocycles. The first-order valence-corrected chi connectivity index (χ1v) is 14.4. The van der Waals surface area contributed by atoms with Crippen LogP contribution in [0.3, 0.4) is 0 Å². The van der Waals surface area contributed by atoms with E-state index >= 15 is 0 Å². The Morgan fingerprint density at radius 2 is 2.00 bits per heavy atom. The van der Waals surface area contributed by atoms with Crippen molar-refractivity contribution < 1.29 is 9.59 Å². The number of likely N-dealkylation sites (tertiary alicyclic amines) is 1. The number of aliphatic imine (C=N–C) groups is 1. The first kappa shape index (κ1) is 24.3. The molecule has 0 spiro atoms. The second-order valence-corrected chi connectivity index (χ2v) is 11.7. The summed E-state index contributed by atoms with van der Waals surface area (Å²) in [5.41, 5.74) is 6.38. The van der Waals surface area contributed by atoms with E-state index in [0.29, 0.717) is 25.0 Å². The SMILES string of the molecule is C[C@@H](Cc1cccs1)N=C1C=CCC(=O)C1=C1Cc2cc3c(cc2N1)CN(CCCN1CCCC1)C3=O. The molecule has 4 aliphatic rings. The number of nitrogens with one attached hydrogen (secondary N) is 1. The summed E-state index contributed by atoms with van der Waals surface area (Å²) in [5, 5.41) is 5.62. The lowest BCUT2D eigenvalue weighted by Crippen LogP contribution is -2.29. The maximum Gasteiger partial charge on any atom is 0.254 e. The van der Waals surface area contributed by atoms with Gasteiger partial charge in [-0.2, -0.15) is 0 Å². The van der Waals surface area contributed by atoms with Crippen LogP contribution in [0.2, 0.25) is 0 Å². The fraction of sp³-hybridized carbons (Fsp3) is 0.433. The van der Waals surface area contributed by atoms with E-state index in [4.69, 9.17) is 4.99 Å². The van der Waals surface area contributed by atoms with E-state index < -0.39 is 0 Å². The molecule has 1 fully saturated rings. The zero-order chi connectivity index (χ0) is 25.4. The summed E-state index contributed by atoms with van der Waals surface area (Å²) in [4.78, 5) is 36.9. The Morgan fingerprint density at radius 3 is 2.81 bits per heavy atom. The highest BCUT2D eigenvalue weighted by atomic mass is 32.1. The van der Waals surface area contributed by atoms with Gasteiger partial charge >= 0.3 is 0 Å². The van der Waals surface area contributed by atoms with Gasteiger partial charge in [0.05, 0.1) is 17.3 Å². The van der Waals surface area contributed by atoms with Gasteiger partial charge in [0.25, 0.3) is 5.91 Å². The van der Waals surface area contributed by atoms with Crippen molar-refractivity contribution in [1.82, 2.24) is 9.80 Å². The van der Waals surface area contributed by atoms with Crippen molar-refractivity contribution >= 4 is 34.4 Å². The molecule has 37 heavy (non-hydrogen) atoms. The number of rotatable bonds is 7. The van der Waals surface area contributed by atoms with Gasteiger partial charge in [-0.3, -0.25) is 14.6 Å². The molecule has 3 aliphatic heterocycles. The Labute approximate surface area is 222 Å². The summed E-state index contributed by atoms with van der Waals surface area (Å²) >= 11 is 1.74. The Balaban J connectivity index is 1.18. The van der Waals surface area contributed by atoms with Crippen LogP contribution in [0, 0.1) is 0 Å². The number of ketones is 1. The molecular weight excluding hydrogens is 480 g/mol. The number of benzene rings is 1. The lowest BCUT2D eigenvalue weighted by atomic mass is 9.93. The second kappa shape index (κ2) is 10.4. The number of hydrogen-bond acceptors (Lipinski definition) is 6. The van der Waals surface area contributed by atoms with Crippen LogP contribution in [0.5, 0.6) is 0 Å². The summed E-state index contributed by atoms with van der Waals surface area (Å²) in [7, 11) is 0. The number of allylic oxidation sites excluding steroid dienone is 4. The third-order valence-electron chi connectivity index (χ3n) is 7.81. The van der Waals surface area contributed by atoms with Crippen LogP contribution in [0.15, 0.2) is 58.1 Å². The van der Waals surface area contributed by atoms with E-state index in [0.717, 1.165) is 59.7 Å². The minimum atomic E-state index is 0.0847.